The molecule has 0 saturated heterocycles. The highest BCUT2D eigenvalue weighted by molar-refractivity contribution is 6.30. The summed E-state index contributed by atoms with van der Waals surface area (Å²) in [7, 11) is 0. The molecule has 6 heteroatoms. The van der Waals surface area contributed by atoms with E-state index in [1.165, 1.54) is 0 Å². The van der Waals surface area contributed by atoms with Gasteiger partial charge in [-0.2, -0.15) is 0 Å². The van der Waals surface area contributed by atoms with Crippen LogP contribution in [0.3, 0.4) is 0 Å². The van der Waals surface area contributed by atoms with Crippen LogP contribution in [0.15, 0.2) is 78.9 Å². The molecule has 0 bridgehead atoms. The fourth-order valence-electron chi connectivity index (χ4n) is 2.31. The minimum absolute atomic E-state index is 0.120. The number of nitrogens with one attached hydrogen (secondary N) is 2. The minimum atomic E-state index is -0.259. The third-order valence-electron chi connectivity index (χ3n) is 3.65. The summed E-state index contributed by atoms with van der Waals surface area (Å²) in [4.78, 5) is 24.1. The Morgan fingerprint density at radius 1 is 0.778 bits per heavy atom. The van der Waals surface area contributed by atoms with E-state index in [9.17, 15) is 9.59 Å². The molecule has 0 atom stereocenters. The van der Waals surface area contributed by atoms with E-state index in [2.05, 4.69) is 10.6 Å². The first-order valence-electron chi connectivity index (χ1n) is 8.25. The molecule has 0 saturated carbocycles. The van der Waals surface area contributed by atoms with Gasteiger partial charge in [-0.3, -0.25) is 9.59 Å². The van der Waals surface area contributed by atoms with Crippen molar-refractivity contribution in [3.63, 3.8) is 0 Å². The molecular weight excluding hydrogens is 364 g/mol. The van der Waals surface area contributed by atoms with Crippen LogP contribution in [0.5, 0.6) is 5.75 Å². The molecule has 3 aromatic rings. The molecule has 0 aliphatic carbocycles. The van der Waals surface area contributed by atoms with Crippen molar-refractivity contribution in [2.75, 3.05) is 17.2 Å². The molecule has 3 aromatic carbocycles. The fourth-order valence-corrected chi connectivity index (χ4v) is 2.43. The second-order valence-electron chi connectivity index (χ2n) is 5.69. The average Bonchev–Trinajstić information content (AvgIpc) is 2.69. The van der Waals surface area contributed by atoms with Crippen LogP contribution in [-0.2, 0) is 4.79 Å². The predicted octanol–water partition coefficient (Wildman–Crippen LogP) is 4.61. The number of amides is 2. The van der Waals surface area contributed by atoms with E-state index in [1.54, 1.807) is 60.7 Å². The predicted molar refractivity (Wildman–Crippen MR) is 106 cm³/mol. The number of benzene rings is 3. The Kier molecular flexibility index (Phi) is 6.07. The molecule has 3 rings (SSSR count). The molecule has 0 fully saturated rings. The van der Waals surface area contributed by atoms with E-state index in [1.807, 2.05) is 18.2 Å². The lowest BCUT2D eigenvalue weighted by molar-refractivity contribution is -0.118. The zero-order valence-corrected chi connectivity index (χ0v) is 15.1. The monoisotopic (exact) mass is 380 g/mol. The smallest absolute Gasteiger partial charge is 0.262 e. The Morgan fingerprint density at radius 2 is 1.41 bits per heavy atom. The molecule has 5 nitrogen and oxygen atoms in total. The standard InChI is InChI=1S/C21H17ClN2O3/c22-16-8-10-18(11-9-16)24-21(26)15-6-12-19(13-7-15)27-14-20(25)23-17-4-2-1-3-5-17/h1-13H,14H2,(H,23,25)(H,24,26). The van der Waals surface area contributed by atoms with Gasteiger partial charge in [0, 0.05) is 22.0 Å². The first kappa shape index (κ1) is 18.5. The van der Waals surface area contributed by atoms with E-state index in [0.29, 0.717) is 27.7 Å². The summed E-state index contributed by atoms with van der Waals surface area (Å²) in [6, 6.07) is 22.6. The van der Waals surface area contributed by atoms with Gasteiger partial charge in [0.25, 0.3) is 11.8 Å². The van der Waals surface area contributed by atoms with Crippen LogP contribution in [0.2, 0.25) is 5.02 Å². The summed E-state index contributed by atoms with van der Waals surface area (Å²) < 4.78 is 5.45. The third-order valence-corrected chi connectivity index (χ3v) is 3.90. The summed E-state index contributed by atoms with van der Waals surface area (Å²) in [6.45, 7) is -0.120. The van der Waals surface area contributed by atoms with Crippen molar-refractivity contribution in [2.45, 2.75) is 0 Å². The SMILES string of the molecule is O=C(COc1ccc(C(=O)Nc2ccc(Cl)cc2)cc1)Nc1ccccc1. The second kappa shape index (κ2) is 8.87. The van der Waals surface area contributed by atoms with Crippen LogP contribution in [0, 0.1) is 0 Å². The summed E-state index contributed by atoms with van der Waals surface area (Å²) >= 11 is 5.82. The molecular formula is C21H17ClN2O3. The summed E-state index contributed by atoms with van der Waals surface area (Å²) in [5, 5.41) is 6.12. The number of halogens is 1. The van der Waals surface area contributed by atoms with Gasteiger partial charge in [-0.25, -0.2) is 0 Å². The largest absolute Gasteiger partial charge is 0.484 e. The summed E-state index contributed by atoms with van der Waals surface area (Å²) in [5.41, 5.74) is 1.84. The van der Waals surface area contributed by atoms with Crippen molar-refractivity contribution in [1.29, 1.82) is 0 Å². The molecule has 0 aliphatic heterocycles. The molecule has 0 radical (unpaired) electrons. The second-order valence-corrected chi connectivity index (χ2v) is 6.12. The molecule has 0 aliphatic rings. The van der Waals surface area contributed by atoms with E-state index in [-0.39, 0.29) is 18.4 Å². The lowest BCUT2D eigenvalue weighted by Crippen LogP contribution is -2.20. The Balaban J connectivity index is 1.51. The maximum atomic E-state index is 12.2. The van der Waals surface area contributed by atoms with Gasteiger partial charge in [0.15, 0.2) is 6.61 Å². The maximum Gasteiger partial charge on any atom is 0.262 e. The van der Waals surface area contributed by atoms with Crippen LogP contribution in [0.4, 0.5) is 11.4 Å². The topological polar surface area (TPSA) is 67.4 Å². The van der Waals surface area contributed by atoms with Crippen LogP contribution in [0.25, 0.3) is 0 Å². The van der Waals surface area contributed by atoms with Gasteiger partial charge in [0.1, 0.15) is 5.75 Å². The highest BCUT2D eigenvalue weighted by Crippen LogP contribution is 2.16. The van der Waals surface area contributed by atoms with Gasteiger partial charge < -0.3 is 15.4 Å². The molecule has 0 spiro atoms. The van der Waals surface area contributed by atoms with Gasteiger partial charge in [-0.05, 0) is 60.7 Å². The highest BCUT2D eigenvalue weighted by Gasteiger charge is 2.08. The van der Waals surface area contributed by atoms with Crippen LogP contribution in [-0.4, -0.2) is 18.4 Å². The van der Waals surface area contributed by atoms with Crippen molar-refractivity contribution in [3.05, 3.63) is 89.4 Å². The Hall–Kier alpha value is -3.31. The molecule has 136 valence electrons. The molecule has 0 aromatic heterocycles. The lowest BCUT2D eigenvalue weighted by Gasteiger charge is -2.09. The number of carbonyl (C=O) groups is 2. The number of carbonyl (C=O) groups excluding carboxylic acids is 2. The maximum absolute atomic E-state index is 12.2. The normalized spacial score (nSPS) is 10.1. The van der Waals surface area contributed by atoms with Gasteiger partial charge in [0.05, 0.1) is 0 Å². The zero-order chi connectivity index (χ0) is 19.1. The van der Waals surface area contributed by atoms with Gasteiger partial charge in [-0.1, -0.05) is 29.8 Å². The quantitative estimate of drug-likeness (QED) is 0.656. The van der Waals surface area contributed by atoms with Crippen molar-refractivity contribution in [2.24, 2.45) is 0 Å². The molecule has 2 amide bonds. The highest BCUT2D eigenvalue weighted by atomic mass is 35.5. The first-order valence-corrected chi connectivity index (χ1v) is 8.62. The fraction of sp³-hybridized carbons (Fsp3) is 0.0476. The Bertz CT molecular complexity index is 910. The molecule has 0 heterocycles. The van der Waals surface area contributed by atoms with Crippen molar-refractivity contribution < 1.29 is 14.3 Å². The number of rotatable bonds is 6. The first-order chi connectivity index (χ1) is 13.1. The number of ether oxygens (including phenoxy) is 1. The minimum Gasteiger partial charge on any atom is -0.484 e. The molecule has 2 N–H and O–H groups in total. The van der Waals surface area contributed by atoms with E-state index in [4.69, 9.17) is 16.3 Å². The third kappa shape index (κ3) is 5.59. The Morgan fingerprint density at radius 3 is 2.07 bits per heavy atom. The van der Waals surface area contributed by atoms with Crippen LogP contribution >= 0.6 is 11.6 Å². The summed E-state index contributed by atoms with van der Waals surface area (Å²) in [6.07, 6.45) is 0. The van der Waals surface area contributed by atoms with Crippen molar-refractivity contribution >= 4 is 34.8 Å². The van der Waals surface area contributed by atoms with Crippen LogP contribution in [0.1, 0.15) is 10.4 Å². The number of hydrogen-bond acceptors (Lipinski definition) is 3. The number of hydrogen-bond donors (Lipinski definition) is 2. The number of para-hydroxylation sites is 1. The van der Waals surface area contributed by atoms with Gasteiger partial charge in [0.2, 0.25) is 0 Å². The Labute approximate surface area is 161 Å². The number of anilines is 2. The molecule has 0 unspecified atom stereocenters. The van der Waals surface area contributed by atoms with Crippen molar-refractivity contribution in [1.82, 2.24) is 0 Å². The summed E-state index contributed by atoms with van der Waals surface area (Å²) in [5.74, 6) is -0.00212. The van der Waals surface area contributed by atoms with Gasteiger partial charge in [-0.15, -0.1) is 0 Å². The zero-order valence-electron chi connectivity index (χ0n) is 14.3. The van der Waals surface area contributed by atoms with Crippen molar-refractivity contribution in [3.8, 4) is 5.75 Å². The van der Waals surface area contributed by atoms with E-state index < -0.39 is 0 Å². The van der Waals surface area contributed by atoms with E-state index >= 15 is 0 Å². The average molecular weight is 381 g/mol. The van der Waals surface area contributed by atoms with E-state index in [0.717, 1.165) is 0 Å². The molecule has 27 heavy (non-hydrogen) atoms. The lowest BCUT2D eigenvalue weighted by atomic mass is 10.2. The van der Waals surface area contributed by atoms with Crippen LogP contribution < -0.4 is 15.4 Å². The van der Waals surface area contributed by atoms with Gasteiger partial charge >= 0.3 is 0 Å².